The van der Waals surface area contributed by atoms with E-state index in [-0.39, 0.29) is 30.4 Å². The molecule has 5 saturated heterocycles. The Morgan fingerprint density at radius 3 is 1.17 bits per heavy atom. The van der Waals surface area contributed by atoms with Crippen LogP contribution in [0.4, 0.5) is 34.6 Å². The molecule has 11 nitrogen and oxygen atoms in total. The highest BCUT2D eigenvalue weighted by molar-refractivity contribution is 5.49. The summed E-state index contributed by atoms with van der Waals surface area (Å²) in [5.41, 5.74) is 11.7. The number of hydrogen-bond donors (Lipinski definition) is 0. The minimum atomic E-state index is -2.36. The summed E-state index contributed by atoms with van der Waals surface area (Å²) in [6.45, 7) is 87.7. The van der Waals surface area contributed by atoms with Crippen molar-refractivity contribution in [1.29, 1.82) is 0 Å². The third-order valence-electron chi connectivity index (χ3n) is 25.1. The summed E-state index contributed by atoms with van der Waals surface area (Å²) in [7, 11) is 8.35. The topological polar surface area (TPSA) is 55.8 Å². The number of hydrogen-bond acceptors (Lipinski definition) is 9. The smallest absolute Gasteiger partial charge is 0.248 e. The Labute approximate surface area is 783 Å². The Morgan fingerprint density at radius 1 is 0.391 bits per heavy atom. The van der Waals surface area contributed by atoms with Gasteiger partial charge in [-0.15, -0.1) is 0 Å². The van der Waals surface area contributed by atoms with Crippen LogP contribution in [0.25, 0.3) is 9.69 Å². The monoisotopic (exact) mass is 1780 g/mol. The van der Waals surface area contributed by atoms with Crippen LogP contribution >= 0.6 is 0 Å². The van der Waals surface area contributed by atoms with E-state index < -0.39 is 5.92 Å². The molecular formula is C113H184F4N8O3. The van der Waals surface area contributed by atoms with E-state index in [1.807, 2.05) is 80.6 Å². The lowest BCUT2D eigenvalue weighted by Crippen LogP contribution is -2.44. The molecule has 5 heterocycles. The fourth-order valence-corrected chi connectivity index (χ4v) is 15.0. The van der Waals surface area contributed by atoms with Gasteiger partial charge >= 0.3 is 0 Å². The Balaban J connectivity index is 0.000000475. The predicted octanol–water partition coefficient (Wildman–Crippen LogP) is 29.9. The molecule has 15 heteroatoms. The Hall–Kier alpha value is -6.50. The molecule has 0 atom stereocenters. The van der Waals surface area contributed by atoms with Gasteiger partial charge in [0.05, 0.1) is 39.6 Å². The van der Waals surface area contributed by atoms with E-state index >= 15 is 0 Å². The highest BCUT2D eigenvalue weighted by atomic mass is 19.3. The number of methoxy groups -OCH3 is 1. The van der Waals surface area contributed by atoms with E-state index in [2.05, 4.69) is 267 Å². The summed E-state index contributed by atoms with van der Waals surface area (Å²) in [6, 6.07) is 47.0. The first kappa shape index (κ1) is 118. The number of alkyl halides is 2. The van der Waals surface area contributed by atoms with E-state index in [4.69, 9.17) is 27.4 Å². The maximum absolute atomic E-state index is 12.8. The van der Waals surface area contributed by atoms with Crippen LogP contribution in [-0.4, -0.2) is 183 Å². The molecule has 0 radical (unpaired) electrons. The van der Waals surface area contributed by atoms with Gasteiger partial charge in [-0.25, -0.2) is 27.3 Å². The second kappa shape index (κ2) is 66.8. The van der Waals surface area contributed by atoms with Crippen LogP contribution in [0.15, 0.2) is 146 Å². The van der Waals surface area contributed by atoms with Gasteiger partial charge in [-0.05, 0) is 258 Å². The predicted molar refractivity (Wildman–Crippen MR) is 545 cm³/mol. The number of piperazine rings is 1. The van der Waals surface area contributed by atoms with Crippen LogP contribution in [0, 0.1) is 78.0 Å². The van der Waals surface area contributed by atoms with Crippen LogP contribution in [0.2, 0.25) is 0 Å². The molecule has 6 aromatic rings. The summed E-state index contributed by atoms with van der Waals surface area (Å²) in [6.07, 6.45) is 11.3. The van der Waals surface area contributed by atoms with Crippen LogP contribution in [0.1, 0.15) is 317 Å². The van der Waals surface area contributed by atoms with Gasteiger partial charge < -0.3 is 38.7 Å². The minimum Gasteiger partial charge on any atom is -0.385 e. The lowest BCUT2D eigenvalue weighted by atomic mass is 9.80. The van der Waals surface area contributed by atoms with Gasteiger partial charge in [-0.2, -0.15) is 0 Å². The number of morpholine rings is 2. The van der Waals surface area contributed by atoms with Gasteiger partial charge in [-0.3, -0.25) is 4.90 Å². The van der Waals surface area contributed by atoms with Gasteiger partial charge in [0.2, 0.25) is 5.92 Å². The molecule has 0 bridgehead atoms. The second-order valence-corrected chi connectivity index (χ2v) is 40.7. The van der Waals surface area contributed by atoms with Gasteiger partial charge in [0.25, 0.3) is 0 Å². The van der Waals surface area contributed by atoms with Crippen molar-refractivity contribution < 1.29 is 31.8 Å². The summed E-state index contributed by atoms with van der Waals surface area (Å²) >= 11 is 0. The van der Waals surface area contributed by atoms with Gasteiger partial charge in [-0.1, -0.05) is 287 Å². The molecule has 6 aromatic carbocycles. The Morgan fingerprint density at radius 2 is 0.789 bits per heavy atom. The van der Waals surface area contributed by atoms with Gasteiger partial charge in [0.15, 0.2) is 11.4 Å². The number of likely N-dealkylation sites (N-methyl/N-ethyl adjacent to an activating group) is 2. The maximum Gasteiger partial charge on any atom is 0.248 e. The van der Waals surface area contributed by atoms with E-state index in [0.717, 1.165) is 123 Å². The number of ether oxygens (including phenoxy) is 3. The average Bonchev–Trinajstić information content (AvgIpc) is 1.29. The van der Waals surface area contributed by atoms with E-state index in [0.29, 0.717) is 54.3 Å². The van der Waals surface area contributed by atoms with Crippen LogP contribution in [0.5, 0.6) is 0 Å². The van der Waals surface area contributed by atoms with Gasteiger partial charge in [0, 0.05) is 104 Å². The maximum atomic E-state index is 12.8. The van der Waals surface area contributed by atoms with Gasteiger partial charge in [0.1, 0.15) is 11.6 Å². The quantitative estimate of drug-likeness (QED) is 0.0550. The molecule has 0 unspecified atom stereocenters. The SMILES string of the molecule is CC(C)C1CC1.CC(C)C1CCC(F)(F)CC1.CC(C)C1CCN(C)CC1.CC(C)CCN1CCN(C)CC1.CC(C)CCN1CCOCC1.CC(C)c1ccc(F)cc1.CC(C)c1ccc(N2CCOCC2)cc1.CC(C)c1cccc(C2CN(C)C2)c1.CC(C)c1ccccc1F.COCCC(C)C.[C-]#[N+]c1ccc(C(C)C)cc1.[C-]#[N+]c1cccc(C(C)C)c1. The van der Waals surface area contributed by atoms with E-state index in [1.54, 1.807) is 13.2 Å². The largest absolute Gasteiger partial charge is 0.385 e. The summed E-state index contributed by atoms with van der Waals surface area (Å²) < 4.78 is 65.9. The molecule has 128 heavy (non-hydrogen) atoms. The first-order chi connectivity index (χ1) is 60.6. The van der Waals surface area contributed by atoms with Crippen LogP contribution in [-0.2, 0) is 14.2 Å². The van der Waals surface area contributed by atoms with Crippen molar-refractivity contribution in [2.24, 2.45) is 53.3 Å². The van der Waals surface area contributed by atoms with Crippen molar-refractivity contribution in [2.75, 3.05) is 158 Å². The number of nitrogens with zero attached hydrogens (tertiary/aromatic N) is 8. The minimum absolute atomic E-state index is 0.0995. The lowest BCUT2D eigenvalue weighted by molar-refractivity contribution is -0.0504. The number of likely N-dealkylation sites (tertiary alicyclic amines) is 2. The van der Waals surface area contributed by atoms with Crippen molar-refractivity contribution in [2.45, 2.75) is 284 Å². The highest BCUT2D eigenvalue weighted by Crippen LogP contribution is 2.39. The number of halogens is 4. The average molecular weight is 1780 g/mol. The fraction of sp³-hybridized carbons (Fsp3) is 0.664. The molecule has 5 aliphatic heterocycles. The first-order valence-corrected chi connectivity index (χ1v) is 49.5. The molecule has 0 amide bonds. The molecule has 0 spiro atoms. The standard InChI is InChI=1S/C13H19NO.C13H19N.C10H22N2.2C10H11N.C9H16F2.2C9H11F.C9H19NO.C9H19N.C6H14O.C6H12/c1-11(2)12-3-5-13(6-4-12)14-7-9-15-10-8-14;1-10(2)11-5-4-6-12(7-11)13-8-14(3)9-13;1-10(2)4-5-12-8-6-11(3)7-9-12;1-8(2)9-4-6-10(11-3)7-5-9;1-8(2)9-5-4-6-10(7-9)11-3;1-7(2)8-3-5-9(10,11)6-4-8;1-7(2)8-3-5-9(10)6-4-8;1-7(2)8-5-3-4-6-9(8)10;1-9(2)3-4-10-5-7-11-8-6-10;1-8(2)9-4-6-10(3)7-5-9;1-6(2)4-5-7-3;1-5(2)6-3-4-6/h3-6,11H,7-10H2,1-2H3;4-7,10,13H,8-9H2,1-3H3;10H,4-9H2,1-3H3;2*4-8H,1-2H3;7-8H,3-6H2,1-2H3;2*3-7H,1-2H3;9H,3-8H2,1-2H3;8-9H,4-7H2,1-3H3;6H,4-5H2,1-3H3;5-6H,3-4H2,1-2H3. The van der Waals surface area contributed by atoms with Crippen molar-refractivity contribution in [3.05, 3.63) is 219 Å². The van der Waals surface area contributed by atoms with E-state index in [1.165, 1.54) is 168 Å². The number of anilines is 1. The highest BCUT2D eigenvalue weighted by Gasteiger charge is 2.36. The molecule has 7 aliphatic rings. The van der Waals surface area contributed by atoms with E-state index in [9.17, 15) is 17.6 Å². The van der Waals surface area contributed by atoms with Crippen molar-refractivity contribution in [3.63, 3.8) is 0 Å². The third-order valence-corrected chi connectivity index (χ3v) is 25.1. The molecular weight excluding hydrogens is 1590 g/mol. The van der Waals surface area contributed by atoms with Crippen LogP contribution < -0.4 is 4.90 Å². The molecule has 7 fully saturated rings. The Bertz CT molecular complexity index is 3780. The zero-order valence-electron chi connectivity index (χ0n) is 86.1. The van der Waals surface area contributed by atoms with Crippen molar-refractivity contribution in [1.82, 2.24) is 24.5 Å². The molecule has 13 rings (SSSR count). The van der Waals surface area contributed by atoms with Crippen molar-refractivity contribution >= 4 is 17.1 Å². The second-order valence-electron chi connectivity index (χ2n) is 40.7. The zero-order valence-corrected chi connectivity index (χ0v) is 86.1. The normalized spacial score (nSPS) is 16.9. The van der Waals surface area contributed by atoms with Crippen molar-refractivity contribution in [3.8, 4) is 0 Å². The molecule has 2 saturated carbocycles. The Kier molecular flexibility index (Phi) is 61.4. The third kappa shape index (κ3) is 54.5. The number of rotatable bonds is 20. The summed E-state index contributed by atoms with van der Waals surface area (Å²) in [5, 5.41) is 0. The zero-order chi connectivity index (χ0) is 95.8. The molecule has 2 aliphatic carbocycles. The molecule has 0 aromatic heterocycles. The molecule has 722 valence electrons. The fourth-order valence-electron chi connectivity index (χ4n) is 15.0. The first-order valence-electron chi connectivity index (χ1n) is 49.5. The summed E-state index contributed by atoms with van der Waals surface area (Å²) in [4.78, 5) is 21.3. The lowest BCUT2D eigenvalue weighted by Gasteiger charge is -2.36. The number of benzene rings is 6. The summed E-state index contributed by atoms with van der Waals surface area (Å²) in [5.74, 6) is 8.78. The number of piperidine rings is 1. The van der Waals surface area contributed by atoms with Crippen LogP contribution in [0.3, 0.4) is 0 Å². The molecule has 0 N–H and O–H groups in total.